The molecule has 0 aliphatic rings. The SMILES string of the molecule is COC(=O)c1cccc(C(=O)OC)c1-c1cc(S)cc(S)c1. The second-order valence-electron chi connectivity index (χ2n) is 4.45. The molecule has 0 amide bonds. The zero-order valence-corrected chi connectivity index (χ0v) is 13.8. The van der Waals surface area contributed by atoms with E-state index >= 15 is 0 Å². The van der Waals surface area contributed by atoms with Crippen LogP contribution in [0.5, 0.6) is 0 Å². The monoisotopic (exact) mass is 334 g/mol. The molecule has 22 heavy (non-hydrogen) atoms. The van der Waals surface area contributed by atoms with Crippen molar-refractivity contribution in [1.82, 2.24) is 0 Å². The molecule has 0 aliphatic heterocycles. The van der Waals surface area contributed by atoms with Gasteiger partial charge in [0.15, 0.2) is 0 Å². The van der Waals surface area contributed by atoms with Crippen LogP contribution >= 0.6 is 25.3 Å². The highest BCUT2D eigenvalue weighted by molar-refractivity contribution is 7.81. The van der Waals surface area contributed by atoms with Gasteiger partial charge in [0.05, 0.1) is 25.3 Å². The lowest BCUT2D eigenvalue weighted by Gasteiger charge is -2.13. The third kappa shape index (κ3) is 3.28. The third-order valence-corrected chi connectivity index (χ3v) is 3.58. The van der Waals surface area contributed by atoms with E-state index in [2.05, 4.69) is 25.3 Å². The van der Waals surface area contributed by atoms with E-state index in [4.69, 9.17) is 9.47 Å². The minimum Gasteiger partial charge on any atom is -0.465 e. The molecule has 0 aromatic heterocycles. The summed E-state index contributed by atoms with van der Waals surface area (Å²) in [7, 11) is 2.58. The van der Waals surface area contributed by atoms with Gasteiger partial charge in [-0.05, 0) is 35.9 Å². The van der Waals surface area contributed by atoms with Gasteiger partial charge in [0.25, 0.3) is 0 Å². The normalized spacial score (nSPS) is 10.2. The van der Waals surface area contributed by atoms with Crippen LogP contribution in [0.1, 0.15) is 20.7 Å². The highest BCUT2D eigenvalue weighted by atomic mass is 32.1. The number of carbonyl (C=O) groups is 2. The van der Waals surface area contributed by atoms with Crippen LogP contribution in [0, 0.1) is 0 Å². The van der Waals surface area contributed by atoms with E-state index < -0.39 is 11.9 Å². The second-order valence-corrected chi connectivity index (χ2v) is 5.48. The van der Waals surface area contributed by atoms with E-state index in [-0.39, 0.29) is 11.1 Å². The summed E-state index contributed by atoms with van der Waals surface area (Å²) in [5.74, 6) is -1.07. The van der Waals surface area contributed by atoms with E-state index in [1.807, 2.05) is 0 Å². The van der Waals surface area contributed by atoms with Gasteiger partial charge in [0, 0.05) is 15.4 Å². The fourth-order valence-corrected chi connectivity index (χ4v) is 2.82. The standard InChI is InChI=1S/C16H14O4S2/c1-19-15(17)12-4-3-5-13(16(18)20-2)14(12)9-6-10(21)8-11(22)7-9/h3-8,21-22H,1-2H3. The van der Waals surface area contributed by atoms with Crippen LogP contribution in [0.2, 0.25) is 0 Å². The molecule has 6 heteroatoms. The van der Waals surface area contributed by atoms with Crippen molar-refractivity contribution in [3.63, 3.8) is 0 Å². The van der Waals surface area contributed by atoms with Gasteiger partial charge in [-0.2, -0.15) is 0 Å². The van der Waals surface area contributed by atoms with Gasteiger partial charge < -0.3 is 9.47 Å². The Morgan fingerprint density at radius 3 is 1.73 bits per heavy atom. The molecule has 0 bridgehead atoms. The Morgan fingerprint density at radius 1 is 0.864 bits per heavy atom. The van der Waals surface area contributed by atoms with Crippen LogP contribution in [0.4, 0.5) is 0 Å². The molecule has 2 aromatic rings. The van der Waals surface area contributed by atoms with E-state index in [0.717, 1.165) is 0 Å². The lowest BCUT2D eigenvalue weighted by Crippen LogP contribution is -2.10. The van der Waals surface area contributed by atoms with Crippen molar-refractivity contribution in [3.8, 4) is 11.1 Å². The predicted molar refractivity (Wildman–Crippen MR) is 89.1 cm³/mol. The molecule has 0 saturated heterocycles. The Kier molecular flexibility index (Phi) is 5.15. The van der Waals surface area contributed by atoms with Crippen LogP contribution in [0.25, 0.3) is 11.1 Å². The third-order valence-electron chi connectivity index (χ3n) is 3.07. The molecule has 2 rings (SSSR count). The average Bonchev–Trinajstić information content (AvgIpc) is 2.51. The molecule has 0 fully saturated rings. The first-order valence-corrected chi connectivity index (χ1v) is 7.20. The highest BCUT2D eigenvalue weighted by Gasteiger charge is 2.21. The Morgan fingerprint density at radius 2 is 1.32 bits per heavy atom. The van der Waals surface area contributed by atoms with Gasteiger partial charge in [-0.1, -0.05) is 6.07 Å². The van der Waals surface area contributed by atoms with Crippen molar-refractivity contribution in [2.45, 2.75) is 9.79 Å². The number of hydrogen-bond acceptors (Lipinski definition) is 6. The Balaban J connectivity index is 2.79. The number of methoxy groups -OCH3 is 2. The van der Waals surface area contributed by atoms with Crippen molar-refractivity contribution in [2.24, 2.45) is 0 Å². The molecule has 2 aromatic carbocycles. The summed E-state index contributed by atoms with van der Waals surface area (Å²) < 4.78 is 9.60. The fourth-order valence-electron chi connectivity index (χ4n) is 2.16. The van der Waals surface area contributed by atoms with Crippen molar-refractivity contribution < 1.29 is 19.1 Å². The fraction of sp³-hybridized carbons (Fsp3) is 0.125. The maximum absolute atomic E-state index is 12.0. The molecule has 0 unspecified atom stereocenters. The Bertz CT molecular complexity index is 686. The summed E-state index contributed by atoms with van der Waals surface area (Å²) in [6, 6.07) is 10.0. The molecule has 0 saturated carbocycles. The summed E-state index contributed by atoms with van der Waals surface area (Å²) >= 11 is 8.62. The van der Waals surface area contributed by atoms with Crippen LogP contribution < -0.4 is 0 Å². The maximum Gasteiger partial charge on any atom is 0.338 e. The number of hydrogen-bond donors (Lipinski definition) is 2. The molecule has 0 N–H and O–H groups in total. The Hall–Kier alpha value is -1.92. The largest absolute Gasteiger partial charge is 0.465 e. The molecule has 114 valence electrons. The van der Waals surface area contributed by atoms with Gasteiger partial charge in [0.2, 0.25) is 0 Å². The van der Waals surface area contributed by atoms with Crippen molar-refractivity contribution in [2.75, 3.05) is 14.2 Å². The summed E-state index contributed by atoms with van der Waals surface area (Å²) in [6.45, 7) is 0. The minimum atomic E-state index is -0.536. The van der Waals surface area contributed by atoms with Gasteiger partial charge >= 0.3 is 11.9 Å². The first-order valence-electron chi connectivity index (χ1n) is 6.31. The molecule has 0 spiro atoms. The molecular formula is C16H14O4S2. The molecule has 0 aliphatic carbocycles. The average molecular weight is 334 g/mol. The lowest BCUT2D eigenvalue weighted by atomic mass is 9.94. The van der Waals surface area contributed by atoms with Gasteiger partial charge in [0.1, 0.15) is 0 Å². The second kappa shape index (κ2) is 6.89. The number of benzene rings is 2. The summed E-state index contributed by atoms with van der Waals surface area (Å²) in [6.07, 6.45) is 0. The Labute approximate surface area is 139 Å². The van der Waals surface area contributed by atoms with Gasteiger partial charge in [-0.15, -0.1) is 25.3 Å². The number of thiol groups is 2. The smallest absolute Gasteiger partial charge is 0.338 e. The van der Waals surface area contributed by atoms with Crippen molar-refractivity contribution in [1.29, 1.82) is 0 Å². The number of rotatable bonds is 3. The number of carbonyl (C=O) groups excluding carboxylic acids is 2. The maximum atomic E-state index is 12.0. The quantitative estimate of drug-likeness (QED) is 0.666. The molecule has 0 heterocycles. The van der Waals surface area contributed by atoms with Crippen molar-refractivity contribution in [3.05, 3.63) is 47.5 Å². The summed E-state index contributed by atoms with van der Waals surface area (Å²) in [5.41, 5.74) is 1.63. The zero-order valence-electron chi connectivity index (χ0n) is 12.0. The minimum absolute atomic E-state index is 0.275. The first-order chi connectivity index (χ1) is 10.5. The van der Waals surface area contributed by atoms with Crippen LogP contribution in [0.3, 0.4) is 0 Å². The highest BCUT2D eigenvalue weighted by Crippen LogP contribution is 2.32. The first kappa shape index (κ1) is 16.5. The molecule has 0 atom stereocenters. The van der Waals surface area contributed by atoms with Crippen molar-refractivity contribution >= 4 is 37.2 Å². The zero-order chi connectivity index (χ0) is 16.3. The van der Waals surface area contributed by atoms with Crippen LogP contribution in [-0.2, 0) is 9.47 Å². The molecular weight excluding hydrogens is 320 g/mol. The molecule has 4 nitrogen and oxygen atoms in total. The molecule has 0 radical (unpaired) electrons. The predicted octanol–water partition coefficient (Wildman–Crippen LogP) is 3.50. The van der Waals surface area contributed by atoms with Gasteiger partial charge in [-0.25, -0.2) is 9.59 Å². The number of ether oxygens (including phenoxy) is 2. The van der Waals surface area contributed by atoms with Crippen LogP contribution in [-0.4, -0.2) is 26.2 Å². The summed E-state index contributed by atoms with van der Waals surface area (Å²) in [5, 5.41) is 0. The summed E-state index contributed by atoms with van der Waals surface area (Å²) in [4.78, 5) is 25.4. The number of esters is 2. The topological polar surface area (TPSA) is 52.6 Å². The van der Waals surface area contributed by atoms with Gasteiger partial charge in [-0.3, -0.25) is 0 Å². The van der Waals surface area contributed by atoms with E-state index in [9.17, 15) is 9.59 Å². The van der Waals surface area contributed by atoms with E-state index in [0.29, 0.717) is 20.9 Å². The lowest BCUT2D eigenvalue weighted by molar-refractivity contribution is 0.0601. The van der Waals surface area contributed by atoms with E-state index in [1.165, 1.54) is 14.2 Å². The van der Waals surface area contributed by atoms with E-state index in [1.54, 1.807) is 36.4 Å². The van der Waals surface area contributed by atoms with Crippen LogP contribution in [0.15, 0.2) is 46.2 Å².